The molecule has 0 radical (unpaired) electrons. The summed E-state index contributed by atoms with van der Waals surface area (Å²) in [5, 5.41) is 0. The van der Waals surface area contributed by atoms with Crippen LogP contribution in [-0.2, 0) is 20.3 Å². The number of rotatable bonds is 6. The Bertz CT molecular complexity index is 1150. The van der Waals surface area contributed by atoms with Gasteiger partial charge in [-0.2, -0.15) is 0 Å². The molecule has 0 N–H and O–H groups in total. The molecule has 0 aromatic heterocycles. The van der Waals surface area contributed by atoms with E-state index < -0.39 is 24.2 Å². The summed E-state index contributed by atoms with van der Waals surface area (Å²) in [6.07, 6.45) is 7.77. The van der Waals surface area contributed by atoms with E-state index in [1.54, 1.807) is 0 Å². The van der Waals surface area contributed by atoms with Crippen molar-refractivity contribution in [1.82, 2.24) is 0 Å². The van der Waals surface area contributed by atoms with Crippen LogP contribution in [0, 0.1) is 0 Å². The van der Waals surface area contributed by atoms with Crippen molar-refractivity contribution in [2.45, 2.75) is 47.2 Å². The average Bonchev–Trinajstić information content (AvgIpc) is 3.30. The van der Waals surface area contributed by atoms with E-state index in [4.69, 9.17) is 21.5 Å². The van der Waals surface area contributed by atoms with E-state index in [0.29, 0.717) is 0 Å². The molecule has 2 aromatic carbocycles. The van der Waals surface area contributed by atoms with E-state index in [9.17, 15) is 0 Å². The van der Waals surface area contributed by atoms with Crippen LogP contribution >= 0.6 is 17.0 Å². The van der Waals surface area contributed by atoms with Gasteiger partial charge < -0.3 is 0 Å². The molecule has 2 aromatic rings. The molecule has 5 heteroatoms. The van der Waals surface area contributed by atoms with Crippen LogP contribution in [0.15, 0.2) is 60.7 Å². The summed E-state index contributed by atoms with van der Waals surface area (Å²) < 4.78 is 7.54. The minimum absolute atomic E-state index is 0.0636. The summed E-state index contributed by atoms with van der Waals surface area (Å²) in [5.41, 5.74) is 6.44. The van der Waals surface area contributed by atoms with Crippen molar-refractivity contribution in [3.8, 4) is 0 Å². The molecule has 0 aliphatic heterocycles. The molecule has 31 heavy (non-hydrogen) atoms. The topological polar surface area (TPSA) is 9.23 Å². The average molecular weight is 551 g/mol. The fraction of sp³-hybridized carbons (Fsp3) is 0.346. The van der Waals surface area contributed by atoms with Gasteiger partial charge in [0.2, 0.25) is 0 Å². The van der Waals surface area contributed by atoms with E-state index in [-0.39, 0.29) is 7.25 Å². The maximum atomic E-state index is 7.89. The van der Waals surface area contributed by atoms with E-state index in [1.807, 2.05) is 0 Å². The van der Waals surface area contributed by atoms with Crippen molar-refractivity contribution >= 4 is 40.2 Å². The van der Waals surface area contributed by atoms with Crippen molar-refractivity contribution in [2.24, 2.45) is 0 Å². The van der Waals surface area contributed by atoms with Gasteiger partial charge in [0.15, 0.2) is 0 Å². The zero-order valence-electron chi connectivity index (χ0n) is 19.1. The van der Waals surface area contributed by atoms with Gasteiger partial charge in [0.25, 0.3) is 0 Å². The standard InChI is InChI=1S/C14H19OSi.C9H7.C3H6.2ClH.Zr/c1-16(2,3)15-11-10-13-9-8-12-6-4-5-7-14(12)13;1-2-5-9-7-3-6-8(9)4-1;1-3-2;;;/h4-9H,10-11H2,1-3H3;1-7H;1-2H3;2*1H;/q;;;;;+2/p-2. The Morgan fingerprint density at radius 3 is 2.26 bits per heavy atom. The van der Waals surface area contributed by atoms with Crippen LogP contribution in [0.2, 0.25) is 19.6 Å². The Balaban J connectivity index is 1.82. The predicted molar refractivity (Wildman–Crippen MR) is 137 cm³/mol. The zero-order valence-corrected chi connectivity index (χ0v) is 24.1. The molecule has 2 atom stereocenters. The molecule has 2 aliphatic carbocycles. The van der Waals surface area contributed by atoms with Crippen molar-refractivity contribution in [3.05, 3.63) is 82.9 Å². The van der Waals surface area contributed by atoms with Crippen LogP contribution in [0.4, 0.5) is 0 Å². The van der Waals surface area contributed by atoms with Gasteiger partial charge in [-0.25, -0.2) is 0 Å². The molecular weight excluding hydrogens is 519 g/mol. The Morgan fingerprint density at radius 2 is 1.58 bits per heavy atom. The first-order valence-electron chi connectivity index (χ1n) is 11.1. The normalized spacial score (nSPS) is 20.5. The van der Waals surface area contributed by atoms with Crippen LogP contribution in [0.25, 0.3) is 11.6 Å². The van der Waals surface area contributed by atoms with Gasteiger partial charge in [0, 0.05) is 0 Å². The van der Waals surface area contributed by atoms with E-state index in [2.05, 4.69) is 100 Å². The van der Waals surface area contributed by atoms with Crippen molar-refractivity contribution in [3.63, 3.8) is 0 Å². The van der Waals surface area contributed by atoms with Gasteiger partial charge in [0.1, 0.15) is 0 Å². The molecular formula is C26H32Cl2OSiZr. The van der Waals surface area contributed by atoms with E-state index in [0.717, 1.165) is 13.0 Å². The number of halogens is 2. The molecule has 0 saturated heterocycles. The third kappa shape index (κ3) is 4.11. The van der Waals surface area contributed by atoms with Crippen molar-refractivity contribution in [2.75, 3.05) is 6.61 Å². The maximum absolute atomic E-state index is 7.89. The van der Waals surface area contributed by atoms with Gasteiger partial charge in [0.05, 0.1) is 0 Å². The van der Waals surface area contributed by atoms with Crippen molar-refractivity contribution in [1.29, 1.82) is 0 Å². The van der Waals surface area contributed by atoms with Crippen LogP contribution in [0.3, 0.4) is 0 Å². The number of allylic oxidation sites excluding steroid dienone is 2. The second-order valence-electron chi connectivity index (χ2n) is 10.1. The van der Waals surface area contributed by atoms with Gasteiger partial charge in [-0.1, -0.05) is 0 Å². The first-order valence-corrected chi connectivity index (χ1v) is 24.9. The molecule has 0 amide bonds. The first kappa shape index (κ1) is 23.6. The van der Waals surface area contributed by atoms with Crippen LogP contribution in [0.5, 0.6) is 0 Å². The molecule has 1 nitrogen and oxygen atoms in total. The van der Waals surface area contributed by atoms with Crippen molar-refractivity contribution < 1.29 is 20.3 Å². The number of fused-ring (bicyclic) bond motifs is 2. The Hall–Kier alpha value is -0.570. The van der Waals surface area contributed by atoms with Gasteiger partial charge in [-0.3, -0.25) is 0 Å². The number of hydrogen-bond acceptors (Lipinski definition) is 1. The summed E-state index contributed by atoms with van der Waals surface area (Å²) in [6, 6.07) is 17.2. The molecule has 2 aliphatic rings. The molecule has 2 unspecified atom stereocenters. The third-order valence-corrected chi connectivity index (χ3v) is 30.6. The summed E-state index contributed by atoms with van der Waals surface area (Å²) in [6.45, 7) is 11.8. The first-order chi connectivity index (χ1) is 14.5. The molecule has 0 heterocycles. The molecule has 4 rings (SSSR count). The Labute approximate surface area is 196 Å². The van der Waals surface area contributed by atoms with Gasteiger partial charge >= 0.3 is 197 Å². The van der Waals surface area contributed by atoms with Gasteiger partial charge in [-0.05, 0) is 0 Å². The summed E-state index contributed by atoms with van der Waals surface area (Å²) >= 11 is -4.58. The summed E-state index contributed by atoms with van der Waals surface area (Å²) in [7, 11) is 14.2. The summed E-state index contributed by atoms with van der Waals surface area (Å²) in [4.78, 5) is 0. The quantitative estimate of drug-likeness (QED) is 0.329. The Kier molecular flexibility index (Phi) is 6.34. The summed E-state index contributed by atoms with van der Waals surface area (Å²) in [5.74, 6) is 0. The SMILES string of the molecule is C[C](C)=[Zr]([Cl])([Cl])([CH]1C=Cc2ccccc21)[CH]1C=C(CCO[Si](C)(C)C)c2ccccc21. The molecule has 164 valence electrons. The fourth-order valence-electron chi connectivity index (χ4n) is 5.09. The van der Waals surface area contributed by atoms with Crippen LogP contribution in [-0.4, -0.2) is 18.1 Å². The van der Waals surface area contributed by atoms with Gasteiger partial charge in [-0.15, -0.1) is 0 Å². The van der Waals surface area contributed by atoms with Crippen LogP contribution in [0.1, 0.15) is 49.8 Å². The Morgan fingerprint density at radius 1 is 0.935 bits per heavy atom. The van der Waals surface area contributed by atoms with E-state index >= 15 is 0 Å². The molecule has 0 bridgehead atoms. The molecule has 0 fully saturated rings. The number of benzene rings is 2. The number of hydrogen-bond donors (Lipinski definition) is 0. The fourth-order valence-corrected chi connectivity index (χ4v) is 20.6. The predicted octanol–water partition coefficient (Wildman–Crippen LogP) is 8.34. The third-order valence-electron chi connectivity index (χ3n) is 6.81. The monoisotopic (exact) mass is 548 g/mol. The minimum atomic E-state index is -4.58. The van der Waals surface area contributed by atoms with E-state index in [1.165, 1.54) is 31.0 Å². The molecule has 0 spiro atoms. The second-order valence-corrected chi connectivity index (χ2v) is 36.6. The molecule has 0 saturated carbocycles. The zero-order chi connectivity index (χ0) is 22.5. The second kappa shape index (κ2) is 8.33. The van der Waals surface area contributed by atoms with Crippen LogP contribution < -0.4 is 0 Å².